The van der Waals surface area contributed by atoms with E-state index < -0.39 is 47.9 Å². The Labute approximate surface area is 236 Å². The van der Waals surface area contributed by atoms with Crippen LogP contribution >= 0.6 is 0 Å². The van der Waals surface area contributed by atoms with Crippen molar-refractivity contribution in [3.05, 3.63) is 90.1 Å². The van der Waals surface area contributed by atoms with Crippen molar-refractivity contribution in [2.24, 2.45) is 5.73 Å². The number of imidazole rings is 1. The van der Waals surface area contributed by atoms with Crippen molar-refractivity contribution in [1.29, 1.82) is 0 Å². The van der Waals surface area contributed by atoms with Crippen molar-refractivity contribution in [2.75, 3.05) is 0 Å². The molecule has 12 nitrogen and oxygen atoms in total. The molecule has 41 heavy (non-hydrogen) atoms. The number of carbonyl (C=O) groups is 4. The predicted octanol–water partition coefficient (Wildman–Crippen LogP) is 0.805. The summed E-state index contributed by atoms with van der Waals surface area (Å²) < 4.78 is 0. The molecule has 2 aromatic heterocycles. The molecule has 4 unspecified atom stereocenters. The van der Waals surface area contributed by atoms with Crippen LogP contribution in [-0.4, -0.2) is 67.9 Å². The van der Waals surface area contributed by atoms with Gasteiger partial charge in [-0.3, -0.25) is 14.4 Å². The average molecular weight is 560 g/mol. The van der Waals surface area contributed by atoms with Gasteiger partial charge in [0.2, 0.25) is 17.7 Å². The molecule has 4 atom stereocenters. The minimum atomic E-state index is -1.23. The zero-order chi connectivity index (χ0) is 29.4. The van der Waals surface area contributed by atoms with E-state index in [9.17, 15) is 24.3 Å². The fraction of sp³-hybridized carbons (Fsp3) is 0.276. The van der Waals surface area contributed by atoms with Crippen molar-refractivity contribution >= 4 is 34.6 Å². The van der Waals surface area contributed by atoms with E-state index in [1.165, 1.54) is 19.4 Å². The first kappa shape index (κ1) is 29.0. The number of carbonyl (C=O) groups excluding carboxylic acids is 3. The Balaban J connectivity index is 1.41. The molecule has 0 spiro atoms. The van der Waals surface area contributed by atoms with Gasteiger partial charge in [-0.2, -0.15) is 0 Å². The van der Waals surface area contributed by atoms with E-state index in [1.807, 2.05) is 60.8 Å². The summed E-state index contributed by atoms with van der Waals surface area (Å²) in [6.07, 6.45) is 5.08. The average Bonchev–Trinajstić information content (AvgIpc) is 3.63. The van der Waals surface area contributed by atoms with Gasteiger partial charge in [0.15, 0.2) is 0 Å². The van der Waals surface area contributed by atoms with Crippen LogP contribution < -0.4 is 21.7 Å². The van der Waals surface area contributed by atoms with Crippen LogP contribution in [0.25, 0.3) is 10.9 Å². The highest BCUT2D eigenvalue weighted by Gasteiger charge is 2.29. The first-order chi connectivity index (χ1) is 19.7. The summed E-state index contributed by atoms with van der Waals surface area (Å²) in [7, 11) is 0. The molecule has 0 fully saturated rings. The summed E-state index contributed by atoms with van der Waals surface area (Å²) >= 11 is 0. The highest BCUT2D eigenvalue weighted by atomic mass is 16.4. The van der Waals surface area contributed by atoms with Gasteiger partial charge in [-0.15, -0.1) is 0 Å². The smallest absolute Gasteiger partial charge is 0.326 e. The fourth-order valence-corrected chi connectivity index (χ4v) is 4.46. The Hall–Kier alpha value is -4.97. The summed E-state index contributed by atoms with van der Waals surface area (Å²) in [4.78, 5) is 60.7. The number of nitrogens with one attached hydrogen (secondary N) is 5. The lowest BCUT2D eigenvalue weighted by Crippen LogP contribution is -2.57. The van der Waals surface area contributed by atoms with Gasteiger partial charge >= 0.3 is 5.97 Å². The molecule has 0 saturated carbocycles. The number of aromatic nitrogens is 3. The van der Waals surface area contributed by atoms with Gasteiger partial charge in [0, 0.05) is 41.8 Å². The van der Waals surface area contributed by atoms with Crippen LogP contribution in [0.2, 0.25) is 0 Å². The largest absolute Gasteiger partial charge is 0.480 e. The number of aromatic amines is 2. The number of amides is 3. The monoisotopic (exact) mass is 559 g/mol. The summed E-state index contributed by atoms with van der Waals surface area (Å²) in [6.45, 7) is 1.44. The molecule has 8 N–H and O–H groups in total. The Kier molecular flexibility index (Phi) is 9.48. The lowest BCUT2D eigenvalue weighted by Gasteiger charge is -2.23. The number of hydrogen-bond acceptors (Lipinski definition) is 6. The normalized spacial score (nSPS) is 14.0. The molecule has 0 radical (unpaired) electrons. The van der Waals surface area contributed by atoms with E-state index in [4.69, 9.17) is 5.73 Å². The van der Waals surface area contributed by atoms with Crippen LogP contribution in [-0.2, 0) is 38.4 Å². The number of carboxylic acids is 1. The van der Waals surface area contributed by atoms with Crippen molar-refractivity contribution in [1.82, 2.24) is 30.9 Å². The van der Waals surface area contributed by atoms with Gasteiger partial charge in [-0.25, -0.2) is 9.78 Å². The number of benzene rings is 2. The number of nitrogens with zero attached hydrogens (tertiary/aromatic N) is 1. The van der Waals surface area contributed by atoms with Crippen molar-refractivity contribution in [3.8, 4) is 0 Å². The van der Waals surface area contributed by atoms with Crippen molar-refractivity contribution in [2.45, 2.75) is 50.4 Å². The molecular formula is C29H33N7O5. The number of nitrogens with two attached hydrogens (primary N) is 1. The Morgan fingerprint density at radius 3 is 2.27 bits per heavy atom. The summed E-state index contributed by atoms with van der Waals surface area (Å²) in [5.74, 6) is -3.05. The van der Waals surface area contributed by atoms with E-state index >= 15 is 0 Å². The van der Waals surface area contributed by atoms with Crippen molar-refractivity contribution < 1.29 is 24.3 Å². The molecule has 4 aromatic rings. The van der Waals surface area contributed by atoms with E-state index in [0.717, 1.165) is 22.0 Å². The molecule has 0 bridgehead atoms. The second-order valence-electron chi connectivity index (χ2n) is 9.83. The minimum Gasteiger partial charge on any atom is -0.480 e. The van der Waals surface area contributed by atoms with Crippen LogP contribution in [0.4, 0.5) is 0 Å². The fourth-order valence-electron chi connectivity index (χ4n) is 4.46. The second-order valence-corrected chi connectivity index (χ2v) is 9.83. The molecule has 2 heterocycles. The summed E-state index contributed by atoms with van der Waals surface area (Å²) in [5, 5.41) is 18.3. The van der Waals surface area contributed by atoms with Crippen LogP contribution in [0.15, 0.2) is 73.3 Å². The Morgan fingerprint density at radius 1 is 0.854 bits per heavy atom. The molecule has 4 rings (SSSR count). The highest BCUT2D eigenvalue weighted by Crippen LogP contribution is 2.19. The lowest BCUT2D eigenvalue weighted by molar-refractivity contribution is -0.142. The number of hydrogen-bond donors (Lipinski definition) is 7. The van der Waals surface area contributed by atoms with Gasteiger partial charge in [0.25, 0.3) is 0 Å². The van der Waals surface area contributed by atoms with Crippen LogP contribution in [0.3, 0.4) is 0 Å². The molecule has 0 aliphatic heterocycles. The van der Waals surface area contributed by atoms with Gasteiger partial charge in [0.1, 0.15) is 18.1 Å². The third-order valence-electron chi connectivity index (χ3n) is 6.71. The van der Waals surface area contributed by atoms with E-state index in [2.05, 4.69) is 30.9 Å². The maximum atomic E-state index is 13.3. The first-order valence-electron chi connectivity index (χ1n) is 13.2. The Bertz CT molecular complexity index is 1490. The maximum Gasteiger partial charge on any atom is 0.326 e. The molecular weight excluding hydrogens is 526 g/mol. The van der Waals surface area contributed by atoms with Gasteiger partial charge in [-0.05, 0) is 30.5 Å². The van der Waals surface area contributed by atoms with E-state index in [1.54, 1.807) is 0 Å². The summed E-state index contributed by atoms with van der Waals surface area (Å²) in [6, 6.07) is 12.5. The van der Waals surface area contributed by atoms with Crippen molar-refractivity contribution in [3.63, 3.8) is 0 Å². The zero-order valence-electron chi connectivity index (χ0n) is 22.5. The van der Waals surface area contributed by atoms with E-state index in [-0.39, 0.29) is 19.3 Å². The molecule has 3 amide bonds. The third-order valence-corrected chi connectivity index (χ3v) is 6.71. The molecule has 0 aliphatic rings. The number of H-pyrrole nitrogens is 2. The number of carboxylic acid groups (broad SMARTS) is 1. The first-order valence-corrected chi connectivity index (χ1v) is 13.2. The molecule has 2 aromatic carbocycles. The quantitative estimate of drug-likeness (QED) is 0.126. The van der Waals surface area contributed by atoms with Crippen LogP contribution in [0, 0.1) is 0 Å². The van der Waals surface area contributed by atoms with Crippen LogP contribution in [0.1, 0.15) is 23.7 Å². The highest BCUT2D eigenvalue weighted by molar-refractivity contribution is 5.94. The summed E-state index contributed by atoms with van der Waals surface area (Å²) in [5.41, 5.74) is 9.37. The second kappa shape index (κ2) is 13.4. The minimum absolute atomic E-state index is 0.0112. The Morgan fingerprint density at radius 2 is 1.56 bits per heavy atom. The molecule has 0 saturated heterocycles. The van der Waals surface area contributed by atoms with Crippen LogP contribution in [0.5, 0.6) is 0 Å². The lowest BCUT2D eigenvalue weighted by atomic mass is 10.0. The third kappa shape index (κ3) is 7.79. The van der Waals surface area contributed by atoms with E-state index in [0.29, 0.717) is 5.69 Å². The zero-order valence-corrected chi connectivity index (χ0v) is 22.5. The predicted molar refractivity (Wildman–Crippen MR) is 152 cm³/mol. The molecule has 214 valence electrons. The number of para-hydroxylation sites is 1. The number of aliphatic carboxylic acids is 1. The molecule has 0 aliphatic carbocycles. The van der Waals surface area contributed by atoms with Gasteiger partial charge in [0.05, 0.1) is 12.4 Å². The molecule has 12 heteroatoms. The van der Waals surface area contributed by atoms with Gasteiger partial charge in [-0.1, -0.05) is 48.5 Å². The maximum absolute atomic E-state index is 13.3. The van der Waals surface area contributed by atoms with Gasteiger partial charge < -0.3 is 36.8 Å². The number of rotatable bonds is 13. The number of fused-ring (bicyclic) bond motifs is 1. The SMILES string of the molecule is CC(NC(=O)C(Cc1ccccc1)NC(=O)C(N)Cc1c[nH]c2ccccc12)C(=O)NC(Cc1cnc[nH]1)C(=O)O. The topological polar surface area (TPSA) is 195 Å². The standard InChI is InChI=1S/C29H33N7O5/c1-17(26(37)36-25(29(40)41)13-20-15-31-16-33-20)34-28(39)24(11-18-7-3-2-4-8-18)35-27(38)22(30)12-19-14-32-23-10-6-5-9-21(19)23/h2-10,14-17,22,24-25,32H,11-13,30H2,1H3,(H,31,33)(H,34,39)(H,35,38)(H,36,37)(H,40,41).